The van der Waals surface area contributed by atoms with Crippen molar-refractivity contribution in [1.29, 1.82) is 0 Å². The number of hydrogen-bond donors (Lipinski definition) is 0. The maximum absolute atomic E-state index is 5.42. The first kappa shape index (κ1) is 14.3. The van der Waals surface area contributed by atoms with E-state index in [1.54, 1.807) is 36.5 Å². The number of ether oxygens (including phenoxy) is 1. The van der Waals surface area contributed by atoms with Gasteiger partial charge >= 0.3 is 0 Å². The van der Waals surface area contributed by atoms with Crippen LogP contribution in [0.3, 0.4) is 0 Å². The number of nitrogens with zero attached hydrogens (tertiary/aromatic N) is 5. The van der Waals surface area contributed by atoms with E-state index in [-0.39, 0.29) is 0 Å². The van der Waals surface area contributed by atoms with Gasteiger partial charge in [-0.15, -0.1) is 5.10 Å². The maximum atomic E-state index is 5.42. The van der Waals surface area contributed by atoms with Crippen molar-refractivity contribution >= 4 is 17.3 Å². The number of imidazole rings is 1. The molecule has 0 saturated heterocycles. The molecule has 0 fully saturated rings. The third kappa shape index (κ3) is 2.36. The van der Waals surface area contributed by atoms with Crippen LogP contribution in [0.1, 0.15) is 0 Å². The topological polar surface area (TPSA) is 68.7 Å². The largest absolute Gasteiger partial charge is 0.495 e. The van der Waals surface area contributed by atoms with Crippen LogP contribution < -0.4 is 9.64 Å². The number of methoxy groups -OCH3 is 1. The van der Waals surface area contributed by atoms with Crippen molar-refractivity contribution in [2.24, 2.45) is 0 Å². The molecule has 4 heterocycles. The van der Waals surface area contributed by atoms with E-state index < -0.39 is 0 Å². The fraction of sp³-hybridized carbons (Fsp3) is 0.118. The summed E-state index contributed by atoms with van der Waals surface area (Å²) in [4.78, 5) is 10.5. The first-order valence-corrected chi connectivity index (χ1v) is 7.38. The fourth-order valence-electron chi connectivity index (χ4n) is 2.48. The molecule has 0 radical (unpaired) electrons. The molecule has 0 aromatic carbocycles. The number of rotatable bonds is 4. The Morgan fingerprint density at radius 2 is 2.08 bits per heavy atom. The van der Waals surface area contributed by atoms with Crippen molar-refractivity contribution in [2.75, 3.05) is 19.1 Å². The molecule has 7 nitrogen and oxygen atoms in total. The molecule has 4 aromatic heterocycles. The molecule has 0 amide bonds. The molecule has 7 heteroatoms. The minimum absolute atomic E-state index is 0.686. The molecule has 0 unspecified atom stereocenters. The highest BCUT2D eigenvalue weighted by atomic mass is 16.5. The lowest BCUT2D eigenvalue weighted by Crippen LogP contribution is -2.12. The van der Waals surface area contributed by atoms with Crippen LogP contribution in [-0.2, 0) is 0 Å². The van der Waals surface area contributed by atoms with E-state index in [1.165, 1.54) is 0 Å². The number of hydrogen-bond acceptors (Lipinski definition) is 6. The summed E-state index contributed by atoms with van der Waals surface area (Å²) in [5.74, 6) is 2.14. The normalized spacial score (nSPS) is 10.9. The van der Waals surface area contributed by atoms with E-state index in [1.807, 2.05) is 42.3 Å². The Morgan fingerprint density at radius 3 is 2.88 bits per heavy atom. The summed E-state index contributed by atoms with van der Waals surface area (Å²) in [5, 5.41) is 4.67. The molecule has 0 aliphatic heterocycles. The molecule has 0 spiro atoms. The van der Waals surface area contributed by atoms with Gasteiger partial charge in [-0.05, 0) is 24.3 Å². The molecule has 0 saturated carbocycles. The van der Waals surface area contributed by atoms with Crippen molar-refractivity contribution in [3.63, 3.8) is 0 Å². The molecule has 0 aliphatic rings. The van der Waals surface area contributed by atoms with E-state index >= 15 is 0 Å². The van der Waals surface area contributed by atoms with Crippen LogP contribution in [0.2, 0.25) is 0 Å². The maximum Gasteiger partial charge on any atom is 0.200 e. The number of pyridine rings is 1. The van der Waals surface area contributed by atoms with Gasteiger partial charge in [-0.2, -0.15) is 0 Å². The van der Waals surface area contributed by atoms with E-state index in [0.717, 1.165) is 22.7 Å². The average molecular weight is 321 g/mol. The molecule has 4 aromatic rings. The zero-order valence-electron chi connectivity index (χ0n) is 13.2. The summed E-state index contributed by atoms with van der Waals surface area (Å²) < 4.78 is 12.4. The van der Waals surface area contributed by atoms with Crippen LogP contribution in [0.5, 0.6) is 5.75 Å². The van der Waals surface area contributed by atoms with Gasteiger partial charge < -0.3 is 9.15 Å². The lowest BCUT2D eigenvalue weighted by Gasteiger charge is -2.15. The van der Waals surface area contributed by atoms with E-state index in [4.69, 9.17) is 9.15 Å². The molecule has 0 atom stereocenters. The summed E-state index contributed by atoms with van der Waals surface area (Å²) >= 11 is 0. The predicted octanol–water partition coefficient (Wildman–Crippen LogP) is 3.16. The summed E-state index contributed by atoms with van der Waals surface area (Å²) in [5.41, 5.74) is 2.47. The highest BCUT2D eigenvalue weighted by molar-refractivity contribution is 5.65. The van der Waals surface area contributed by atoms with Crippen LogP contribution in [0.15, 0.2) is 59.6 Å². The summed E-state index contributed by atoms with van der Waals surface area (Å²) in [6.07, 6.45) is 6.83. The van der Waals surface area contributed by atoms with Crippen molar-refractivity contribution in [3.8, 4) is 17.0 Å². The van der Waals surface area contributed by atoms with Gasteiger partial charge in [0.2, 0.25) is 5.88 Å². The van der Waals surface area contributed by atoms with Crippen LogP contribution in [0, 0.1) is 0 Å². The quantitative estimate of drug-likeness (QED) is 0.575. The second-order valence-corrected chi connectivity index (χ2v) is 5.23. The van der Waals surface area contributed by atoms with Gasteiger partial charge in [-0.3, -0.25) is 9.88 Å². The Kier molecular flexibility index (Phi) is 3.38. The molecule has 0 aliphatic carbocycles. The predicted molar refractivity (Wildman–Crippen MR) is 89.5 cm³/mol. The van der Waals surface area contributed by atoms with Crippen molar-refractivity contribution in [1.82, 2.24) is 19.6 Å². The molecule has 0 N–H and O–H groups in total. The lowest BCUT2D eigenvalue weighted by atomic mass is 10.2. The molecular weight excluding hydrogens is 306 g/mol. The van der Waals surface area contributed by atoms with Crippen LogP contribution in [0.4, 0.5) is 11.7 Å². The number of furan rings is 1. The van der Waals surface area contributed by atoms with Gasteiger partial charge in [0.05, 0.1) is 31.5 Å². The Hall–Kier alpha value is -3.35. The minimum Gasteiger partial charge on any atom is -0.495 e. The van der Waals surface area contributed by atoms with Crippen molar-refractivity contribution < 1.29 is 9.15 Å². The third-order valence-electron chi connectivity index (χ3n) is 3.77. The average Bonchev–Trinajstić information content (AvgIpc) is 3.30. The van der Waals surface area contributed by atoms with E-state index in [2.05, 4.69) is 15.1 Å². The molecule has 24 heavy (non-hydrogen) atoms. The SMILES string of the molecule is COc1cncc(-c2cnc3ccc(N(C)c4ccco4)nn23)c1. The van der Waals surface area contributed by atoms with Crippen LogP contribution in [-0.4, -0.2) is 33.7 Å². The molecular formula is C17H15N5O2. The van der Waals surface area contributed by atoms with Gasteiger partial charge in [-0.1, -0.05) is 0 Å². The molecule has 4 rings (SSSR count). The Balaban J connectivity index is 1.81. The smallest absolute Gasteiger partial charge is 0.200 e. The van der Waals surface area contributed by atoms with Gasteiger partial charge in [0.25, 0.3) is 0 Å². The Bertz CT molecular complexity index is 978. The zero-order chi connectivity index (χ0) is 16.5. The molecule has 0 bridgehead atoms. The number of aromatic nitrogens is 4. The second-order valence-electron chi connectivity index (χ2n) is 5.23. The number of fused-ring (bicyclic) bond motifs is 1. The summed E-state index contributed by atoms with van der Waals surface area (Å²) in [7, 11) is 3.51. The first-order valence-electron chi connectivity index (χ1n) is 7.38. The van der Waals surface area contributed by atoms with Gasteiger partial charge in [0.1, 0.15) is 5.75 Å². The van der Waals surface area contributed by atoms with Gasteiger partial charge in [0, 0.05) is 24.9 Å². The van der Waals surface area contributed by atoms with Gasteiger partial charge in [-0.25, -0.2) is 9.50 Å². The molecule has 120 valence electrons. The number of anilines is 2. The van der Waals surface area contributed by atoms with E-state index in [9.17, 15) is 0 Å². The first-order chi connectivity index (χ1) is 11.8. The fourth-order valence-corrected chi connectivity index (χ4v) is 2.48. The second kappa shape index (κ2) is 5.69. The lowest BCUT2D eigenvalue weighted by molar-refractivity contribution is 0.413. The zero-order valence-corrected chi connectivity index (χ0v) is 13.2. The highest BCUT2D eigenvalue weighted by Gasteiger charge is 2.13. The summed E-state index contributed by atoms with van der Waals surface area (Å²) in [6, 6.07) is 9.44. The Labute approximate surface area is 138 Å². The van der Waals surface area contributed by atoms with Crippen molar-refractivity contribution in [2.45, 2.75) is 0 Å². The van der Waals surface area contributed by atoms with Gasteiger partial charge in [0.15, 0.2) is 11.5 Å². The Morgan fingerprint density at radius 1 is 1.17 bits per heavy atom. The van der Waals surface area contributed by atoms with Crippen LogP contribution in [0.25, 0.3) is 16.9 Å². The third-order valence-corrected chi connectivity index (χ3v) is 3.77. The monoisotopic (exact) mass is 321 g/mol. The standard InChI is InChI=1S/C17H15N5O2/c1-21(17-4-3-7-24-17)16-6-5-15-19-11-14(22(15)20-16)12-8-13(23-2)10-18-9-12/h3-11H,1-2H3. The minimum atomic E-state index is 0.686. The highest BCUT2D eigenvalue weighted by Crippen LogP contribution is 2.26. The summed E-state index contributed by atoms with van der Waals surface area (Å²) in [6.45, 7) is 0. The van der Waals surface area contributed by atoms with Crippen molar-refractivity contribution in [3.05, 3.63) is 55.2 Å². The van der Waals surface area contributed by atoms with E-state index in [0.29, 0.717) is 11.6 Å². The van der Waals surface area contributed by atoms with Crippen LogP contribution >= 0.6 is 0 Å².